The van der Waals surface area contributed by atoms with Crippen LogP contribution in [0.25, 0.3) is 0 Å². The first-order valence-electron chi connectivity index (χ1n) is 6.14. The first kappa shape index (κ1) is 13.8. The van der Waals surface area contributed by atoms with Crippen molar-refractivity contribution in [1.82, 2.24) is 4.98 Å². The van der Waals surface area contributed by atoms with Crippen molar-refractivity contribution in [2.75, 3.05) is 5.75 Å². The molecule has 0 radical (unpaired) electrons. The maximum Gasteiger partial charge on any atom is 0.278 e. The fraction of sp³-hybridized carbons (Fsp3) is 0.538. The van der Waals surface area contributed by atoms with Gasteiger partial charge in [-0.2, -0.15) is 5.26 Å². The van der Waals surface area contributed by atoms with Gasteiger partial charge < -0.3 is 0 Å². The molecule has 19 heavy (non-hydrogen) atoms. The summed E-state index contributed by atoms with van der Waals surface area (Å²) < 4.78 is -0.457. The minimum absolute atomic E-state index is 0.126. The van der Waals surface area contributed by atoms with Gasteiger partial charge in [-0.15, -0.1) is 11.8 Å². The molecule has 1 aromatic rings. The molecular weight excluding hydrogens is 262 g/mol. The molecule has 1 aliphatic heterocycles. The molecule has 6 heteroatoms. The van der Waals surface area contributed by atoms with Crippen molar-refractivity contribution in [3.63, 3.8) is 0 Å². The lowest BCUT2D eigenvalue weighted by Gasteiger charge is -2.19. The third-order valence-corrected chi connectivity index (χ3v) is 5.00. The van der Waals surface area contributed by atoms with E-state index in [0.717, 1.165) is 18.6 Å². The normalized spacial score (nSPS) is 22.2. The summed E-state index contributed by atoms with van der Waals surface area (Å²) in [7, 11) is 0. The van der Waals surface area contributed by atoms with Gasteiger partial charge in [-0.1, -0.05) is 0 Å². The summed E-state index contributed by atoms with van der Waals surface area (Å²) in [5.41, 5.74) is 1.96. The van der Waals surface area contributed by atoms with Gasteiger partial charge in [0.25, 0.3) is 5.69 Å². The molecule has 1 aliphatic rings. The zero-order chi connectivity index (χ0) is 14.0. The van der Waals surface area contributed by atoms with Crippen LogP contribution in [0.3, 0.4) is 0 Å². The van der Waals surface area contributed by atoms with Gasteiger partial charge in [0, 0.05) is 23.7 Å². The number of aryl methyl sites for hydroxylation is 1. The number of pyridine rings is 1. The molecule has 0 saturated carbocycles. The predicted molar refractivity (Wildman–Crippen MR) is 74.1 cm³/mol. The van der Waals surface area contributed by atoms with Crippen LogP contribution in [0.4, 0.5) is 5.69 Å². The summed E-state index contributed by atoms with van der Waals surface area (Å²) in [6.07, 6.45) is 3.87. The Kier molecular flexibility index (Phi) is 3.76. The highest BCUT2D eigenvalue weighted by Gasteiger charge is 2.36. The van der Waals surface area contributed by atoms with Gasteiger partial charge in [0.2, 0.25) is 0 Å². The molecule has 1 saturated heterocycles. The molecule has 1 aromatic heterocycles. The van der Waals surface area contributed by atoms with Gasteiger partial charge in [-0.05, 0) is 32.4 Å². The standard InChI is InChI=1S/C13H15N3O2S/c1-9-7-15-11(10(2)12(9)16(17)18)6-13(8-14)4-3-5-19-13/h7H,3-6H2,1-2H3. The first-order valence-corrected chi connectivity index (χ1v) is 7.12. The fourth-order valence-electron chi connectivity index (χ4n) is 2.46. The van der Waals surface area contributed by atoms with Crippen LogP contribution in [0.1, 0.15) is 29.7 Å². The Bertz CT molecular complexity index is 560. The van der Waals surface area contributed by atoms with Crippen LogP contribution in [0, 0.1) is 35.3 Å². The van der Waals surface area contributed by atoms with Gasteiger partial charge in [0.05, 0.1) is 16.7 Å². The molecule has 2 heterocycles. The lowest BCUT2D eigenvalue weighted by atomic mass is 9.95. The van der Waals surface area contributed by atoms with Crippen molar-refractivity contribution >= 4 is 17.4 Å². The van der Waals surface area contributed by atoms with Gasteiger partial charge in [0.1, 0.15) is 4.75 Å². The lowest BCUT2D eigenvalue weighted by molar-refractivity contribution is -0.386. The Morgan fingerprint density at radius 1 is 1.63 bits per heavy atom. The Morgan fingerprint density at radius 2 is 2.37 bits per heavy atom. The van der Waals surface area contributed by atoms with E-state index in [2.05, 4.69) is 11.1 Å². The molecular formula is C13H15N3O2S. The van der Waals surface area contributed by atoms with E-state index >= 15 is 0 Å². The van der Waals surface area contributed by atoms with E-state index in [0.29, 0.717) is 23.2 Å². The second-order valence-electron chi connectivity index (χ2n) is 4.85. The molecule has 100 valence electrons. The van der Waals surface area contributed by atoms with E-state index in [-0.39, 0.29) is 10.6 Å². The van der Waals surface area contributed by atoms with Crippen molar-refractivity contribution in [3.8, 4) is 6.07 Å². The minimum atomic E-state index is -0.457. The van der Waals surface area contributed by atoms with Crippen LogP contribution >= 0.6 is 11.8 Å². The number of thioether (sulfide) groups is 1. The van der Waals surface area contributed by atoms with E-state index in [9.17, 15) is 15.4 Å². The summed E-state index contributed by atoms with van der Waals surface area (Å²) in [5.74, 6) is 0.973. The van der Waals surface area contributed by atoms with Crippen LogP contribution in [0.2, 0.25) is 0 Å². The first-order chi connectivity index (χ1) is 8.99. The van der Waals surface area contributed by atoms with Crippen LogP contribution in [0.15, 0.2) is 6.20 Å². The molecule has 0 spiro atoms. The van der Waals surface area contributed by atoms with E-state index in [1.54, 1.807) is 25.6 Å². The number of nitriles is 1. The van der Waals surface area contributed by atoms with E-state index in [1.807, 2.05) is 0 Å². The largest absolute Gasteiger partial charge is 0.278 e. The molecule has 1 fully saturated rings. The second-order valence-corrected chi connectivity index (χ2v) is 6.33. The summed E-state index contributed by atoms with van der Waals surface area (Å²) in [5, 5.41) is 20.5. The van der Waals surface area contributed by atoms with Crippen molar-refractivity contribution < 1.29 is 4.92 Å². The van der Waals surface area contributed by atoms with Crippen LogP contribution in [0.5, 0.6) is 0 Å². The van der Waals surface area contributed by atoms with Gasteiger partial charge in [-0.25, -0.2) is 0 Å². The van der Waals surface area contributed by atoms with Crippen LogP contribution in [-0.4, -0.2) is 20.4 Å². The SMILES string of the molecule is Cc1cnc(CC2(C#N)CCCS2)c(C)c1[N+](=O)[O-]. The van der Waals surface area contributed by atoms with Gasteiger partial charge in [-0.3, -0.25) is 15.1 Å². The number of aromatic nitrogens is 1. The molecule has 2 rings (SSSR count). The molecule has 0 bridgehead atoms. The summed E-state index contributed by atoms with van der Waals surface area (Å²) in [4.78, 5) is 15.0. The van der Waals surface area contributed by atoms with Gasteiger partial charge >= 0.3 is 0 Å². The smallest absolute Gasteiger partial charge is 0.260 e. The average molecular weight is 277 g/mol. The van der Waals surface area contributed by atoms with Crippen LogP contribution < -0.4 is 0 Å². The summed E-state index contributed by atoms with van der Waals surface area (Å²) >= 11 is 1.64. The van der Waals surface area contributed by atoms with Crippen molar-refractivity contribution in [2.45, 2.75) is 37.9 Å². The van der Waals surface area contributed by atoms with E-state index in [1.165, 1.54) is 6.20 Å². The number of hydrogen-bond acceptors (Lipinski definition) is 5. The average Bonchev–Trinajstić information content (AvgIpc) is 2.82. The number of rotatable bonds is 3. The minimum Gasteiger partial charge on any atom is -0.260 e. The molecule has 1 unspecified atom stereocenters. The van der Waals surface area contributed by atoms with Crippen molar-refractivity contribution in [3.05, 3.63) is 33.1 Å². The van der Waals surface area contributed by atoms with E-state index in [4.69, 9.17) is 0 Å². The third-order valence-electron chi connectivity index (χ3n) is 3.52. The van der Waals surface area contributed by atoms with Crippen LogP contribution in [-0.2, 0) is 6.42 Å². The maximum absolute atomic E-state index is 11.1. The Balaban J connectivity index is 2.39. The fourth-order valence-corrected chi connectivity index (χ4v) is 3.73. The number of nitro groups is 1. The number of nitrogens with zero attached hydrogens (tertiary/aromatic N) is 3. The summed E-state index contributed by atoms with van der Waals surface area (Å²) in [6, 6.07) is 2.37. The monoisotopic (exact) mass is 277 g/mol. The highest BCUT2D eigenvalue weighted by Crippen LogP contribution is 2.41. The molecule has 1 atom stereocenters. The van der Waals surface area contributed by atoms with E-state index < -0.39 is 4.75 Å². The topological polar surface area (TPSA) is 79.8 Å². The highest BCUT2D eigenvalue weighted by molar-refractivity contribution is 8.01. The Morgan fingerprint density at radius 3 is 2.89 bits per heavy atom. The number of hydrogen-bond donors (Lipinski definition) is 0. The molecule has 5 nitrogen and oxygen atoms in total. The summed E-state index contributed by atoms with van der Waals surface area (Å²) in [6.45, 7) is 3.41. The molecule has 0 aromatic carbocycles. The van der Waals surface area contributed by atoms with Crippen molar-refractivity contribution in [1.29, 1.82) is 5.26 Å². The zero-order valence-electron chi connectivity index (χ0n) is 11.0. The molecule has 0 N–H and O–H groups in total. The predicted octanol–water partition coefficient (Wildman–Crippen LogP) is 2.94. The maximum atomic E-state index is 11.1. The zero-order valence-corrected chi connectivity index (χ0v) is 11.8. The van der Waals surface area contributed by atoms with Crippen molar-refractivity contribution in [2.24, 2.45) is 0 Å². The molecule has 0 amide bonds. The third kappa shape index (κ3) is 2.56. The second kappa shape index (κ2) is 5.17. The highest BCUT2D eigenvalue weighted by atomic mass is 32.2. The van der Waals surface area contributed by atoms with Gasteiger partial charge in [0.15, 0.2) is 0 Å². The Hall–Kier alpha value is -1.61. The quantitative estimate of drug-likeness (QED) is 0.627. The Labute approximate surface area is 116 Å². The lowest BCUT2D eigenvalue weighted by Crippen LogP contribution is -2.23. The molecule has 0 aliphatic carbocycles.